The van der Waals surface area contributed by atoms with Crippen molar-refractivity contribution in [3.05, 3.63) is 45.6 Å². The number of nitro groups is 1. The van der Waals surface area contributed by atoms with Crippen LogP contribution in [0.15, 0.2) is 34.9 Å². The van der Waals surface area contributed by atoms with Crippen molar-refractivity contribution in [1.29, 1.82) is 0 Å². The van der Waals surface area contributed by atoms with Crippen molar-refractivity contribution in [3.63, 3.8) is 0 Å². The maximum atomic E-state index is 11.0. The van der Waals surface area contributed by atoms with Crippen molar-refractivity contribution in [2.24, 2.45) is 0 Å². The van der Waals surface area contributed by atoms with Crippen LogP contribution in [0.4, 0.5) is 11.6 Å². The molecule has 2 heterocycles. The Balaban J connectivity index is 2.24. The van der Waals surface area contributed by atoms with Gasteiger partial charge in [0.05, 0.1) is 4.92 Å². The Labute approximate surface area is 117 Å². The number of rotatable bonds is 2. The summed E-state index contributed by atoms with van der Waals surface area (Å²) in [5, 5.41) is 12.3. The van der Waals surface area contributed by atoms with Crippen LogP contribution in [0.3, 0.4) is 0 Å². The normalized spacial score (nSPS) is 10.8. The molecule has 100 valence electrons. The highest BCUT2D eigenvalue weighted by Gasteiger charge is 2.21. The summed E-state index contributed by atoms with van der Waals surface area (Å²) in [4.78, 5) is 17.9. The lowest BCUT2D eigenvalue weighted by molar-refractivity contribution is -0.384. The fourth-order valence-electron chi connectivity index (χ4n) is 1.83. The number of furan rings is 1. The second kappa shape index (κ2) is 4.46. The van der Waals surface area contributed by atoms with Gasteiger partial charge >= 0.3 is 5.69 Å². The molecule has 0 spiro atoms. The van der Waals surface area contributed by atoms with E-state index in [2.05, 4.69) is 9.97 Å². The highest BCUT2D eigenvalue weighted by Crippen LogP contribution is 2.33. The standard InChI is InChI=1S/C12H7ClN4O3/c13-7-1-2-9-6(3-7)4-10(20-9)11-8(17(18)19)5-15-12(14)16-11/h1-5H,(H2,14,15,16). The third-order valence-corrected chi connectivity index (χ3v) is 2.93. The van der Waals surface area contributed by atoms with E-state index < -0.39 is 4.92 Å². The highest BCUT2D eigenvalue weighted by atomic mass is 35.5. The minimum Gasteiger partial charge on any atom is -0.454 e. The Bertz CT molecular complexity index is 831. The lowest BCUT2D eigenvalue weighted by atomic mass is 10.2. The summed E-state index contributed by atoms with van der Waals surface area (Å²) in [6.07, 6.45) is 1.05. The van der Waals surface area contributed by atoms with Gasteiger partial charge in [-0.2, -0.15) is 0 Å². The van der Waals surface area contributed by atoms with Gasteiger partial charge in [0.1, 0.15) is 11.8 Å². The molecule has 3 rings (SSSR count). The van der Waals surface area contributed by atoms with E-state index in [-0.39, 0.29) is 23.1 Å². The molecule has 0 aliphatic heterocycles. The van der Waals surface area contributed by atoms with Gasteiger partial charge in [0, 0.05) is 10.4 Å². The zero-order valence-electron chi connectivity index (χ0n) is 9.91. The number of nitrogen functional groups attached to an aromatic ring is 1. The van der Waals surface area contributed by atoms with Gasteiger partial charge in [-0.15, -0.1) is 0 Å². The number of aromatic nitrogens is 2. The Hall–Kier alpha value is -2.67. The predicted octanol–water partition coefficient (Wildman–Crippen LogP) is 3.03. The number of halogens is 1. The molecule has 3 aromatic rings. The van der Waals surface area contributed by atoms with Crippen LogP contribution in [0.5, 0.6) is 0 Å². The molecule has 0 bridgehead atoms. The first-order chi connectivity index (χ1) is 9.54. The summed E-state index contributed by atoms with van der Waals surface area (Å²) in [5.41, 5.74) is 5.79. The molecule has 0 radical (unpaired) electrons. The van der Waals surface area contributed by atoms with E-state index in [4.69, 9.17) is 21.8 Å². The zero-order valence-corrected chi connectivity index (χ0v) is 10.7. The van der Waals surface area contributed by atoms with Crippen LogP contribution in [0.25, 0.3) is 22.4 Å². The first-order valence-electron chi connectivity index (χ1n) is 5.51. The minimum absolute atomic E-state index is 0.0369. The number of nitrogens with two attached hydrogens (primary N) is 1. The molecule has 2 aromatic heterocycles. The summed E-state index contributed by atoms with van der Waals surface area (Å²) in [5.74, 6) is 0.173. The largest absolute Gasteiger partial charge is 0.454 e. The molecule has 1 aromatic carbocycles. The number of fused-ring (bicyclic) bond motifs is 1. The van der Waals surface area contributed by atoms with Crippen LogP contribution in [0.2, 0.25) is 5.02 Å². The fourth-order valence-corrected chi connectivity index (χ4v) is 2.02. The molecule has 0 aliphatic carbocycles. The first-order valence-corrected chi connectivity index (χ1v) is 5.89. The fraction of sp³-hybridized carbons (Fsp3) is 0. The molecule has 0 unspecified atom stereocenters. The lowest BCUT2D eigenvalue weighted by Gasteiger charge is -1.98. The zero-order chi connectivity index (χ0) is 14.3. The molecule has 7 nitrogen and oxygen atoms in total. The van der Waals surface area contributed by atoms with E-state index in [1.54, 1.807) is 24.3 Å². The maximum Gasteiger partial charge on any atom is 0.317 e. The highest BCUT2D eigenvalue weighted by molar-refractivity contribution is 6.31. The number of hydrogen-bond donors (Lipinski definition) is 1. The summed E-state index contributed by atoms with van der Waals surface area (Å²) < 4.78 is 5.55. The molecule has 0 saturated heterocycles. The number of hydrogen-bond acceptors (Lipinski definition) is 6. The van der Waals surface area contributed by atoms with Gasteiger partial charge in [0.25, 0.3) is 0 Å². The Kier molecular flexibility index (Phi) is 2.76. The van der Waals surface area contributed by atoms with Crippen molar-refractivity contribution in [3.8, 4) is 11.5 Å². The van der Waals surface area contributed by atoms with Crippen LogP contribution in [0.1, 0.15) is 0 Å². The van der Waals surface area contributed by atoms with Crippen LogP contribution < -0.4 is 5.73 Å². The summed E-state index contributed by atoms with van der Waals surface area (Å²) in [7, 11) is 0. The second-order valence-electron chi connectivity index (χ2n) is 4.01. The van der Waals surface area contributed by atoms with Crippen molar-refractivity contribution < 1.29 is 9.34 Å². The molecule has 2 N–H and O–H groups in total. The van der Waals surface area contributed by atoms with Gasteiger partial charge in [-0.1, -0.05) is 11.6 Å². The maximum absolute atomic E-state index is 11.0. The average molecular weight is 291 g/mol. The monoisotopic (exact) mass is 290 g/mol. The van der Waals surface area contributed by atoms with Crippen molar-refractivity contribution in [2.45, 2.75) is 0 Å². The van der Waals surface area contributed by atoms with Crippen molar-refractivity contribution in [1.82, 2.24) is 9.97 Å². The van der Waals surface area contributed by atoms with Gasteiger partial charge in [-0.05, 0) is 24.3 Å². The van der Waals surface area contributed by atoms with Gasteiger partial charge in [0.2, 0.25) is 5.95 Å². The summed E-state index contributed by atoms with van der Waals surface area (Å²) >= 11 is 5.89. The van der Waals surface area contributed by atoms with Crippen molar-refractivity contribution >= 4 is 34.2 Å². The quantitative estimate of drug-likeness (QED) is 0.574. The summed E-state index contributed by atoms with van der Waals surface area (Å²) in [6.45, 7) is 0. The minimum atomic E-state index is -0.588. The topological polar surface area (TPSA) is 108 Å². The molecule has 20 heavy (non-hydrogen) atoms. The SMILES string of the molecule is Nc1ncc([N+](=O)[O-])c(-c2cc3cc(Cl)ccc3o2)n1. The van der Waals surface area contributed by atoms with Crippen LogP contribution in [-0.4, -0.2) is 14.9 Å². The Morgan fingerprint density at radius 1 is 1.35 bits per heavy atom. The van der Waals surface area contributed by atoms with Crippen LogP contribution in [-0.2, 0) is 0 Å². The molecule has 0 saturated carbocycles. The molecular weight excluding hydrogens is 284 g/mol. The number of nitrogens with zero attached hydrogens (tertiary/aromatic N) is 3. The van der Waals surface area contributed by atoms with Crippen molar-refractivity contribution in [2.75, 3.05) is 5.73 Å². The van der Waals surface area contributed by atoms with E-state index in [1.807, 2.05) is 0 Å². The van der Waals surface area contributed by atoms with Gasteiger partial charge in [-0.25, -0.2) is 9.97 Å². The number of anilines is 1. The van der Waals surface area contributed by atoms with Crippen LogP contribution >= 0.6 is 11.6 Å². The first kappa shape index (κ1) is 12.4. The lowest BCUT2D eigenvalue weighted by Crippen LogP contribution is -2.00. The van der Waals surface area contributed by atoms with E-state index >= 15 is 0 Å². The van der Waals surface area contributed by atoms with Gasteiger partial charge < -0.3 is 10.2 Å². The second-order valence-corrected chi connectivity index (χ2v) is 4.45. The Morgan fingerprint density at radius 3 is 2.90 bits per heavy atom. The molecule has 8 heteroatoms. The van der Waals surface area contributed by atoms with E-state index in [0.717, 1.165) is 11.6 Å². The third-order valence-electron chi connectivity index (χ3n) is 2.70. The molecule has 0 fully saturated rings. The van der Waals surface area contributed by atoms with E-state index in [0.29, 0.717) is 10.6 Å². The molecular formula is C12H7ClN4O3. The van der Waals surface area contributed by atoms with Gasteiger partial charge in [0.15, 0.2) is 11.5 Å². The third kappa shape index (κ3) is 2.04. The average Bonchev–Trinajstić information content (AvgIpc) is 2.81. The van der Waals surface area contributed by atoms with E-state index in [9.17, 15) is 10.1 Å². The van der Waals surface area contributed by atoms with E-state index in [1.165, 1.54) is 0 Å². The van der Waals surface area contributed by atoms with Crippen LogP contribution in [0, 0.1) is 10.1 Å². The molecule has 0 aliphatic rings. The molecule has 0 amide bonds. The predicted molar refractivity (Wildman–Crippen MR) is 73.3 cm³/mol. The summed E-state index contributed by atoms with van der Waals surface area (Å²) in [6, 6.07) is 6.66. The van der Waals surface area contributed by atoms with Gasteiger partial charge in [-0.3, -0.25) is 10.1 Å². The number of benzene rings is 1. The Morgan fingerprint density at radius 2 is 2.15 bits per heavy atom. The molecule has 0 atom stereocenters. The smallest absolute Gasteiger partial charge is 0.317 e.